The number of fused-ring (bicyclic) bond motifs is 3. The van der Waals surface area contributed by atoms with Crippen molar-refractivity contribution in [2.75, 3.05) is 19.6 Å². The smallest absolute Gasteiger partial charge is 0.0503 e. The molecule has 0 saturated heterocycles. The average molecular weight is 339 g/mol. The molecule has 0 amide bonds. The molecule has 0 N–H and O–H groups in total. The maximum absolute atomic E-state index is 6.61. The van der Waals surface area contributed by atoms with Crippen LogP contribution in [0.4, 0.5) is 0 Å². The summed E-state index contributed by atoms with van der Waals surface area (Å²) in [5, 5.41) is 2.16. The van der Waals surface area contributed by atoms with Crippen LogP contribution >= 0.6 is 11.6 Å². The Bertz CT molecular complexity index is 851. The Morgan fingerprint density at radius 1 is 0.958 bits per heavy atom. The van der Waals surface area contributed by atoms with Crippen molar-refractivity contribution >= 4 is 22.5 Å². The van der Waals surface area contributed by atoms with Crippen molar-refractivity contribution in [2.24, 2.45) is 0 Å². The van der Waals surface area contributed by atoms with Gasteiger partial charge in [-0.2, -0.15) is 0 Å². The molecule has 24 heavy (non-hydrogen) atoms. The van der Waals surface area contributed by atoms with Gasteiger partial charge in [0.2, 0.25) is 0 Å². The van der Waals surface area contributed by atoms with Crippen LogP contribution in [0.25, 0.3) is 10.9 Å². The molecule has 4 rings (SSSR count). The lowest BCUT2D eigenvalue weighted by molar-refractivity contribution is 0.302. The Balaban J connectivity index is 1.86. The van der Waals surface area contributed by atoms with Crippen LogP contribution in [-0.2, 0) is 19.4 Å². The van der Waals surface area contributed by atoms with E-state index in [1.165, 1.54) is 27.7 Å². The van der Waals surface area contributed by atoms with E-state index < -0.39 is 0 Å². The van der Waals surface area contributed by atoms with Crippen LogP contribution in [0.2, 0.25) is 5.02 Å². The quantitative estimate of drug-likeness (QED) is 0.668. The molecule has 3 aromatic rings. The van der Waals surface area contributed by atoms with Crippen molar-refractivity contribution in [3.8, 4) is 0 Å². The third-order valence-corrected chi connectivity index (χ3v) is 5.55. The van der Waals surface area contributed by atoms with Crippen molar-refractivity contribution < 1.29 is 0 Å². The first-order valence-electron chi connectivity index (χ1n) is 8.82. The van der Waals surface area contributed by atoms with Gasteiger partial charge in [-0.05, 0) is 36.2 Å². The van der Waals surface area contributed by atoms with E-state index in [0.29, 0.717) is 0 Å². The van der Waals surface area contributed by atoms with Crippen molar-refractivity contribution in [3.05, 3.63) is 70.4 Å². The highest BCUT2D eigenvalue weighted by Gasteiger charge is 2.22. The van der Waals surface area contributed by atoms with Gasteiger partial charge in [0.1, 0.15) is 0 Å². The molecule has 1 aromatic heterocycles. The van der Waals surface area contributed by atoms with Crippen molar-refractivity contribution in [1.29, 1.82) is 0 Å². The minimum atomic E-state index is 0.889. The van der Waals surface area contributed by atoms with Gasteiger partial charge in [0, 0.05) is 37.1 Å². The van der Waals surface area contributed by atoms with Crippen LogP contribution in [-0.4, -0.2) is 29.1 Å². The van der Waals surface area contributed by atoms with Crippen LogP contribution in [0.15, 0.2) is 48.5 Å². The third kappa shape index (κ3) is 2.74. The summed E-state index contributed by atoms with van der Waals surface area (Å²) in [5.74, 6) is 0. The molecule has 0 spiro atoms. The highest BCUT2D eigenvalue weighted by molar-refractivity contribution is 6.35. The first-order valence-corrected chi connectivity index (χ1v) is 9.20. The first kappa shape index (κ1) is 15.7. The van der Waals surface area contributed by atoms with E-state index in [1.54, 1.807) is 0 Å². The Morgan fingerprint density at radius 3 is 2.54 bits per heavy atom. The van der Waals surface area contributed by atoms with E-state index >= 15 is 0 Å². The lowest BCUT2D eigenvalue weighted by Gasteiger charge is -2.17. The summed E-state index contributed by atoms with van der Waals surface area (Å²) < 4.78 is 2.49. The second-order valence-corrected chi connectivity index (χ2v) is 6.97. The van der Waals surface area contributed by atoms with Gasteiger partial charge in [-0.3, -0.25) is 0 Å². The molecule has 0 fully saturated rings. The van der Waals surface area contributed by atoms with Crippen LogP contribution in [0.1, 0.15) is 23.7 Å². The van der Waals surface area contributed by atoms with Crippen molar-refractivity contribution in [3.63, 3.8) is 0 Å². The zero-order valence-corrected chi connectivity index (χ0v) is 14.9. The van der Waals surface area contributed by atoms with E-state index in [1.807, 2.05) is 6.07 Å². The molecule has 124 valence electrons. The molecular weight excluding hydrogens is 316 g/mol. The topological polar surface area (TPSA) is 8.17 Å². The van der Waals surface area contributed by atoms with E-state index in [2.05, 4.69) is 58.9 Å². The summed E-state index contributed by atoms with van der Waals surface area (Å²) in [6, 6.07) is 17.0. The van der Waals surface area contributed by atoms with Gasteiger partial charge in [0.15, 0.2) is 0 Å². The molecule has 2 aromatic carbocycles. The minimum Gasteiger partial charge on any atom is -0.340 e. The van der Waals surface area contributed by atoms with Gasteiger partial charge < -0.3 is 9.47 Å². The third-order valence-electron chi connectivity index (χ3n) is 5.23. The molecule has 0 atom stereocenters. The average Bonchev–Trinajstić information content (AvgIpc) is 2.77. The van der Waals surface area contributed by atoms with Crippen LogP contribution in [0, 0.1) is 0 Å². The van der Waals surface area contributed by atoms with E-state index in [4.69, 9.17) is 11.6 Å². The van der Waals surface area contributed by atoms with Gasteiger partial charge in [0.25, 0.3) is 0 Å². The number of hydrogen-bond acceptors (Lipinski definition) is 1. The monoisotopic (exact) mass is 338 g/mol. The second-order valence-electron chi connectivity index (χ2n) is 6.57. The van der Waals surface area contributed by atoms with E-state index in [-0.39, 0.29) is 0 Å². The van der Waals surface area contributed by atoms with Crippen molar-refractivity contribution in [2.45, 2.75) is 26.3 Å². The summed E-state index contributed by atoms with van der Waals surface area (Å²) in [4.78, 5) is 2.54. The lowest BCUT2D eigenvalue weighted by Crippen LogP contribution is -2.26. The SMILES string of the molecule is CCN1CCc2c(n(Cc3ccccc3)c3cccc(Cl)c23)CC1. The lowest BCUT2D eigenvalue weighted by atomic mass is 10.1. The highest BCUT2D eigenvalue weighted by atomic mass is 35.5. The van der Waals surface area contributed by atoms with Crippen LogP contribution in [0.5, 0.6) is 0 Å². The zero-order chi connectivity index (χ0) is 16.5. The molecule has 3 heteroatoms. The maximum Gasteiger partial charge on any atom is 0.0503 e. The van der Waals surface area contributed by atoms with Crippen LogP contribution in [0.3, 0.4) is 0 Å². The predicted octanol–water partition coefficient (Wildman–Crippen LogP) is 4.76. The molecule has 1 aliphatic heterocycles. The number of benzene rings is 2. The van der Waals surface area contributed by atoms with Gasteiger partial charge in [-0.1, -0.05) is 54.9 Å². The minimum absolute atomic E-state index is 0.889. The number of rotatable bonds is 3. The number of likely N-dealkylation sites (N-methyl/N-ethyl adjacent to an activating group) is 1. The summed E-state index contributed by atoms with van der Waals surface area (Å²) in [7, 11) is 0. The highest BCUT2D eigenvalue weighted by Crippen LogP contribution is 2.34. The number of aromatic nitrogens is 1. The number of halogens is 1. The predicted molar refractivity (Wildman–Crippen MR) is 102 cm³/mol. The fourth-order valence-corrected chi connectivity index (χ4v) is 4.24. The first-order chi connectivity index (χ1) is 11.8. The summed E-state index contributed by atoms with van der Waals surface area (Å²) in [6.45, 7) is 6.54. The van der Waals surface area contributed by atoms with Gasteiger partial charge >= 0.3 is 0 Å². The molecule has 0 bridgehead atoms. The molecule has 0 aliphatic carbocycles. The molecular formula is C21H23ClN2. The van der Waals surface area contributed by atoms with E-state index in [9.17, 15) is 0 Å². The Morgan fingerprint density at radius 2 is 1.75 bits per heavy atom. The second kappa shape index (κ2) is 6.62. The summed E-state index contributed by atoms with van der Waals surface area (Å²) in [6.07, 6.45) is 2.19. The van der Waals surface area contributed by atoms with Gasteiger partial charge in [-0.15, -0.1) is 0 Å². The largest absolute Gasteiger partial charge is 0.340 e. The molecule has 0 saturated carbocycles. The maximum atomic E-state index is 6.61. The molecule has 2 heterocycles. The number of nitrogens with zero attached hydrogens (tertiary/aromatic N) is 2. The molecule has 1 aliphatic rings. The fraction of sp³-hybridized carbons (Fsp3) is 0.333. The Hall–Kier alpha value is -1.77. The molecule has 0 unspecified atom stereocenters. The Labute approximate surface area is 148 Å². The van der Waals surface area contributed by atoms with Crippen LogP contribution < -0.4 is 0 Å². The van der Waals surface area contributed by atoms with Gasteiger partial charge in [0.05, 0.1) is 10.5 Å². The molecule has 2 nitrogen and oxygen atoms in total. The molecule has 0 radical (unpaired) electrons. The van der Waals surface area contributed by atoms with Crippen molar-refractivity contribution in [1.82, 2.24) is 9.47 Å². The summed E-state index contributed by atoms with van der Waals surface area (Å²) >= 11 is 6.61. The standard InChI is InChI=1S/C21H23ClN2/c1-2-23-13-11-17-19(12-14-23)24(15-16-7-4-3-5-8-16)20-10-6-9-18(22)21(17)20/h3-10H,2,11-15H2,1H3. The van der Waals surface area contributed by atoms with Gasteiger partial charge in [-0.25, -0.2) is 0 Å². The fourth-order valence-electron chi connectivity index (χ4n) is 3.95. The zero-order valence-electron chi connectivity index (χ0n) is 14.1. The number of hydrogen-bond donors (Lipinski definition) is 0. The normalized spacial score (nSPS) is 15.4. The van der Waals surface area contributed by atoms with E-state index in [0.717, 1.165) is 44.0 Å². The summed E-state index contributed by atoms with van der Waals surface area (Å²) in [5.41, 5.74) is 5.55. The Kier molecular flexibility index (Phi) is 4.34.